The van der Waals surface area contributed by atoms with Gasteiger partial charge in [0.2, 0.25) is 0 Å². The van der Waals surface area contributed by atoms with Crippen LogP contribution in [0.2, 0.25) is 0 Å². The minimum atomic E-state index is 1.26. The van der Waals surface area contributed by atoms with Crippen LogP contribution in [0.25, 0.3) is 0 Å². The Balaban J connectivity index is 1.89. The van der Waals surface area contributed by atoms with Crippen LogP contribution in [0.1, 0.15) is 38.5 Å². The van der Waals surface area contributed by atoms with Gasteiger partial charge in [0.25, 0.3) is 0 Å². The van der Waals surface area contributed by atoms with Crippen LogP contribution < -0.4 is 5.32 Å². The SMILES string of the molecule is C1=C(NC2=CCCC2)CCC1. The number of hydrogen-bond acceptors (Lipinski definition) is 1. The van der Waals surface area contributed by atoms with Crippen molar-refractivity contribution in [2.24, 2.45) is 0 Å². The standard InChI is InChI=1S/C10H15N/c1-2-6-9(5-1)11-10-7-3-4-8-10/h5,7,11H,1-4,6,8H2. The third-order valence-electron chi connectivity index (χ3n) is 2.40. The summed E-state index contributed by atoms with van der Waals surface area (Å²) in [4.78, 5) is 0. The van der Waals surface area contributed by atoms with E-state index in [9.17, 15) is 0 Å². The Kier molecular flexibility index (Phi) is 1.97. The molecule has 0 radical (unpaired) electrons. The molecule has 2 aliphatic carbocycles. The van der Waals surface area contributed by atoms with Crippen LogP contribution in [0.4, 0.5) is 0 Å². The molecule has 0 aromatic rings. The van der Waals surface area contributed by atoms with Crippen LogP contribution in [0, 0.1) is 0 Å². The van der Waals surface area contributed by atoms with Gasteiger partial charge in [-0.1, -0.05) is 12.2 Å². The minimum Gasteiger partial charge on any atom is -0.363 e. The lowest BCUT2D eigenvalue weighted by Crippen LogP contribution is -2.08. The first-order valence-electron chi connectivity index (χ1n) is 4.60. The zero-order chi connectivity index (χ0) is 7.52. The van der Waals surface area contributed by atoms with Crippen molar-refractivity contribution in [2.45, 2.75) is 38.5 Å². The quantitative estimate of drug-likeness (QED) is 0.636. The molecule has 0 unspecified atom stereocenters. The molecule has 0 bridgehead atoms. The summed E-state index contributed by atoms with van der Waals surface area (Å²) in [5.41, 5.74) is 2.91. The van der Waals surface area contributed by atoms with E-state index in [1.807, 2.05) is 0 Å². The molecular formula is C10H15N. The van der Waals surface area contributed by atoms with Crippen molar-refractivity contribution in [3.05, 3.63) is 23.5 Å². The molecule has 1 nitrogen and oxygen atoms in total. The number of rotatable bonds is 2. The molecule has 0 aromatic heterocycles. The second kappa shape index (κ2) is 3.12. The average Bonchev–Trinajstić information content (AvgIpc) is 2.60. The van der Waals surface area contributed by atoms with Gasteiger partial charge in [-0.3, -0.25) is 0 Å². The molecule has 0 spiro atoms. The van der Waals surface area contributed by atoms with Crippen LogP contribution >= 0.6 is 0 Å². The maximum atomic E-state index is 3.50. The Labute approximate surface area is 68.2 Å². The summed E-state index contributed by atoms with van der Waals surface area (Å²) in [5.74, 6) is 0. The van der Waals surface area contributed by atoms with Gasteiger partial charge in [-0.25, -0.2) is 0 Å². The normalized spacial score (nSPS) is 23.3. The van der Waals surface area contributed by atoms with Crippen LogP contribution in [0.15, 0.2) is 23.5 Å². The van der Waals surface area contributed by atoms with E-state index in [4.69, 9.17) is 0 Å². The summed E-state index contributed by atoms with van der Waals surface area (Å²) in [6.07, 6.45) is 12.4. The van der Waals surface area contributed by atoms with Gasteiger partial charge in [-0.05, 0) is 38.5 Å². The van der Waals surface area contributed by atoms with Gasteiger partial charge in [-0.2, -0.15) is 0 Å². The fraction of sp³-hybridized carbons (Fsp3) is 0.600. The monoisotopic (exact) mass is 149 g/mol. The molecule has 0 atom stereocenters. The van der Waals surface area contributed by atoms with E-state index in [0.717, 1.165) is 0 Å². The molecular weight excluding hydrogens is 134 g/mol. The highest BCUT2D eigenvalue weighted by molar-refractivity contribution is 5.16. The second-order valence-electron chi connectivity index (χ2n) is 3.37. The lowest BCUT2D eigenvalue weighted by molar-refractivity contribution is 0.804. The molecule has 2 aliphatic rings. The Morgan fingerprint density at radius 3 is 1.82 bits per heavy atom. The summed E-state index contributed by atoms with van der Waals surface area (Å²) in [6.45, 7) is 0. The number of allylic oxidation sites excluding steroid dienone is 4. The van der Waals surface area contributed by atoms with Gasteiger partial charge in [-0.15, -0.1) is 0 Å². The summed E-state index contributed by atoms with van der Waals surface area (Å²) >= 11 is 0. The molecule has 0 saturated heterocycles. The zero-order valence-corrected chi connectivity index (χ0v) is 6.90. The van der Waals surface area contributed by atoms with E-state index >= 15 is 0 Å². The Morgan fingerprint density at radius 2 is 1.45 bits per heavy atom. The van der Waals surface area contributed by atoms with Gasteiger partial charge in [0.05, 0.1) is 0 Å². The van der Waals surface area contributed by atoms with Crippen LogP contribution in [-0.2, 0) is 0 Å². The molecule has 0 aromatic carbocycles. The van der Waals surface area contributed by atoms with Gasteiger partial charge in [0.1, 0.15) is 0 Å². The maximum absolute atomic E-state index is 3.50. The highest BCUT2D eigenvalue weighted by Crippen LogP contribution is 2.20. The number of hydrogen-bond donors (Lipinski definition) is 1. The summed E-state index contributed by atoms with van der Waals surface area (Å²) in [5, 5.41) is 3.50. The first-order chi connectivity index (χ1) is 5.45. The van der Waals surface area contributed by atoms with Crippen molar-refractivity contribution >= 4 is 0 Å². The van der Waals surface area contributed by atoms with Crippen molar-refractivity contribution in [1.82, 2.24) is 5.32 Å². The fourth-order valence-corrected chi connectivity index (χ4v) is 1.78. The predicted molar refractivity (Wildman–Crippen MR) is 47.0 cm³/mol. The molecule has 0 fully saturated rings. The molecule has 0 aliphatic heterocycles. The van der Waals surface area contributed by atoms with Crippen molar-refractivity contribution in [2.75, 3.05) is 0 Å². The second-order valence-corrected chi connectivity index (χ2v) is 3.37. The van der Waals surface area contributed by atoms with E-state index < -0.39 is 0 Å². The van der Waals surface area contributed by atoms with Crippen LogP contribution in [0.3, 0.4) is 0 Å². The Morgan fingerprint density at radius 1 is 0.909 bits per heavy atom. The van der Waals surface area contributed by atoms with Gasteiger partial charge < -0.3 is 5.32 Å². The lowest BCUT2D eigenvalue weighted by Gasteiger charge is -2.06. The minimum absolute atomic E-state index is 1.26. The highest BCUT2D eigenvalue weighted by Gasteiger charge is 2.08. The molecule has 0 saturated carbocycles. The van der Waals surface area contributed by atoms with Crippen molar-refractivity contribution in [3.8, 4) is 0 Å². The summed E-state index contributed by atoms with van der Waals surface area (Å²) < 4.78 is 0. The van der Waals surface area contributed by atoms with E-state index in [0.29, 0.717) is 0 Å². The predicted octanol–water partition coefficient (Wildman–Crippen LogP) is 2.71. The summed E-state index contributed by atoms with van der Waals surface area (Å²) in [7, 11) is 0. The maximum Gasteiger partial charge on any atom is 0.0108 e. The summed E-state index contributed by atoms with van der Waals surface area (Å²) in [6, 6.07) is 0. The molecule has 60 valence electrons. The topological polar surface area (TPSA) is 12.0 Å². The lowest BCUT2D eigenvalue weighted by atomic mass is 10.3. The molecule has 11 heavy (non-hydrogen) atoms. The number of nitrogens with one attached hydrogen (secondary N) is 1. The van der Waals surface area contributed by atoms with Gasteiger partial charge in [0, 0.05) is 11.4 Å². The van der Waals surface area contributed by atoms with Crippen molar-refractivity contribution in [3.63, 3.8) is 0 Å². The fourth-order valence-electron chi connectivity index (χ4n) is 1.78. The van der Waals surface area contributed by atoms with E-state index in [1.54, 1.807) is 0 Å². The first-order valence-corrected chi connectivity index (χ1v) is 4.60. The third-order valence-corrected chi connectivity index (χ3v) is 2.40. The third kappa shape index (κ3) is 1.65. The average molecular weight is 149 g/mol. The van der Waals surface area contributed by atoms with E-state index in [1.165, 1.54) is 49.9 Å². The van der Waals surface area contributed by atoms with Gasteiger partial charge in [0.15, 0.2) is 0 Å². The smallest absolute Gasteiger partial charge is 0.0108 e. The van der Waals surface area contributed by atoms with Crippen molar-refractivity contribution in [1.29, 1.82) is 0 Å². The highest BCUT2D eigenvalue weighted by atomic mass is 14.9. The largest absolute Gasteiger partial charge is 0.363 e. The van der Waals surface area contributed by atoms with Crippen LogP contribution in [-0.4, -0.2) is 0 Å². The first kappa shape index (κ1) is 6.96. The van der Waals surface area contributed by atoms with Crippen molar-refractivity contribution < 1.29 is 0 Å². The molecule has 0 heterocycles. The molecule has 2 rings (SSSR count). The van der Waals surface area contributed by atoms with E-state index in [-0.39, 0.29) is 0 Å². The Hall–Kier alpha value is -0.720. The molecule has 0 amide bonds. The van der Waals surface area contributed by atoms with Crippen LogP contribution in [0.5, 0.6) is 0 Å². The molecule has 1 heteroatoms. The van der Waals surface area contributed by atoms with E-state index in [2.05, 4.69) is 17.5 Å². The Bertz CT molecular complexity index is 179. The zero-order valence-electron chi connectivity index (χ0n) is 6.90. The van der Waals surface area contributed by atoms with Gasteiger partial charge >= 0.3 is 0 Å². The molecule has 1 N–H and O–H groups in total.